The summed E-state index contributed by atoms with van der Waals surface area (Å²) < 4.78 is 5.12. The van der Waals surface area contributed by atoms with Crippen LogP contribution in [0.1, 0.15) is 60.3 Å². The van der Waals surface area contributed by atoms with E-state index in [1.54, 1.807) is 0 Å². The number of hydrogen-bond acceptors (Lipinski definition) is 6. The molecule has 6 nitrogen and oxygen atoms in total. The molecule has 0 aromatic rings. The van der Waals surface area contributed by atoms with E-state index in [0.717, 1.165) is 18.6 Å². The second-order valence-electron chi connectivity index (χ2n) is 10.0. The lowest BCUT2D eigenvalue weighted by molar-refractivity contribution is -0.163. The van der Waals surface area contributed by atoms with Crippen molar-refractivity contribution in [2.24, 2.45) is 27.2 Å². The van der Waals surface area contributed by atoms with E-state index in [9.17, 15) is 19.8 Å². The Morgan fingerprint density at radius 3 is 2.48 bits per heavy atom. The van der Waals surface area contributed by atoms with E-state index in [2.05, 4.69) is 32.7 Å². The Balaban J connectivity index is 1.42. The molecule has 0 radical (unpaired) electrons. The van der Waals surface area contributed by atoms with Crippen LogP contribution in [-0.2, 0) is 14.3 Å². The summed E-state index contributed by atoms with van der Waals surface area (Å²) in [5.74, 6) is -0.710. The molecule has 152 valence electrons. The summed E-state index contributed by atoms with van der Waals surface area (Å²) in [6.45, 7) is 10.7. The number of fused-ring (bicyclic) bond motifs is 1. The fourth-order valence-electron chi connectivity index (χ4n) is 4.71. The molecule has 3 rings (SSSR count). The number of aliphatic hydroxyl groups excluding tert-OH is 1. The number of rotatable bonds is 9. The highest BCUT2D eigenvalue weighted by Crippen LogP contribution is 2.71. The van der Waals surface area contributed by atoms with Crippen LogP contribution in [0.5, 0.6) is 0 Å². The summed E-state index contributed by atoms with van der Waals surface area (Å²) in [5.41, 5.74) is 0.506. The van der Waals surface area contributed by atoms with Crippen molar-refractivity contribution in [3.05, 3.63) is 0 Å². The van der Waals surface area contributed by atoms with E-state index in [1.807, 2.05) is 6.92 Å². The SMILES string of the molecule is CC1CC1(CSCC(=O)OC(O)CC1=NC2(C)CC12CC(C)(C)C)C(=O)O. The standard InChI is InChI=1S/C20H31NO5S/c1-12-7-19(12,16(24)25)11-27-8-15(23)26-14(22)6-13-20(9-17(2,3)4)10-18(20,5)21-13/h12,14,22H,6-11H2,1-5H3,(H,24,25). The van der Waals surface area contributed by atoms with Crippen LogP contribution in [0, 0.1) is 22.2 Å². The predicted molar refractivity (Wildman–Crippen MR) is 105 cm³/mol. The third kappa shape index (κ3) is 3.77. The van der Waals surface area contributed by atoms with Gasteiger partial charge in [-0.3, -0.25) is 14.6 Å². The maximum Gasteiger partial charge on any atom is 0.318 e. The molecule has 2 aliphatic carbocycles. The van der Waals surface area contributed by atoms with Crippen molar-refractivity contribution in [1.82, 2.24) is 0 Å². The zero-order chi connectivity index (χ0) is 20.3. The molecule has 0 saturated heterocycles. The molecule has 7 heteroatoms. The number of carbonyl (C=O) groups excluding carboxylic acids is 1. The Bertz CT molecular complexity index is 686. The van der Waals surface area contributed by atoms with E-state index < -0.39 is 23.6 Å². The number of esters is 1. The quantitative estimate of drug-likeness (QED) is 0.458. The number of thioether (sulfide) groups is 1. The molecule has 2 fully saturated rings. The fraction of sp³-hybridized carbons (Fsp3) is 0.850. The minimum absolute atomic E-state index is 0.00129. The molecule has 2 saturated carbocycles. The van der Waals surface area contributed by atoms with Crippen molar-refractivity contribution in [3.63, 3.8) is 0 Å². The fourth-order valence-corrected chi connectivity index (χ4v) is 5.94. The van der Waals surface area contributed by atoms with E-state index in [1.165, 1.54) is 11.8 Å². The Morgan fingerprint density at radius 1 is 1.41 bits per heavy atom. The molecule has 0 amide bonds. The van der Waals surface area contributed by atoms with Gasteiger partial charge in [0.25, 0.3) is 0 Å². The minimum Gasteiger partial charge on any atom is -0.481 e. The monoisotopic (exact) mass is 397 g/mol. The van der Waals surface area contributed by atoms with Gasteiger partial charge in [0.15, 0.2) is 0 Å². The summed E-state index contributed by atoms with van der Waals surface area (Å²) in [7, 11) is 0. The average Bonchev–Trinajstić information content (AvgIpc) is 3.28. The molecule has 0 aromatic heterocycles. The van der Waals surface area contributed by atoms with Gasteiger partial charge in [0.1, 0.15) is 0 Å². The zero-order valence-electron chi connectivity index (χ0n) is 16.9. The van der Waals surface area contributed by atoms with Crippen LogP contribution in [0.25, 0.3) is 0 Å². The molecule has 5 atom stereocenters. The second-order valence-corrected chi connectivity index (χ2v) is 11.0. The van der Waals surface area contributed by atoms with Crippen LogP contribution in [0.15, 0.2) is 4.99 Å². The lowest BCUT2D eigenvalue weighted by atomic mass is 9.74. The van der Waals surface area contributed by atoms with Gasteiger partial charge in [-0.15, -0.1) is 11.8 Å². The highest BCUT2D eigenvalue weighted by Gasteiger charge is 2.74. The van der Waals surface area contributed by atoms with Crippen LogP contribution in [0.3, 0.4) is 0 Å². The van der Waals surface area contributed by atoms with Crippen molar-refractivity contribution in [1.29, 1.82) is 0 Å². The Morgan fingerprint density at radius 2 is 2.04 bits per heavy atom. The average molecular weight is 398 g/mol. The first kappa shape index (κ1) is 20.6. The number of carboxylic acid groups (broad SMARTS) is 1. The number of hydrogen-bond donors (Lipinski definition) is 2. The maximum absolute atomic E-state index is 12.0. The summed E-state index contributed by atoms with van der Waals surface area (Å²) in [5, 5.41) is 19.5. The van der Waals surface area contributed by atoms with E-state index in [4.69, 9.17) is 4.74 Å². The highest BCUT2D eigenvalue weighted by atomic mass is 32.2. The van der Waals surface area contributed by atoms with Gasteiger partial charge >= 0.3 is 11.9 Å². The van der Waals surface area contributed by atoms with Gasteiger partial charge in [-0.1, -0.05) is 27.7 Å². The molecule has 3 aliphatic rings. The predicted octanol–water partition coefficient (Wildman–Crippen LogP) is 3.12. The molecular formula is C20H31NO5S. The normalized spacial score (nSPS) is 37.6. The zero-order valence-corrected chi connectivity index (χ0v) is 17.7. The van der Waals surface area contributed by atoms with Crippen LogP contribution < -0.4 is 0 Å². The van der Waals surface area contributed by atoms with Crippen LogP contribution in [-0.4, -0.2) is 51.2 Å². The number of carbonyl (C=O) groups is 2. The van der Waals surface area contributed by atoms with Crippen molar-refractivity contribution in [2.75, 3.05) is 11.5 Å². The first-order chi connectivity index (χ1) is 12.3. The third-order valence-electron chi connectivity index (χ3n) is 6.41. The van der Waals surface area contributed by atoms with Gasteiger partial charge in [0.05, 0.1) is 16.7 Å². The first-order valence-electron chi connectivity index (χ1n) is 9.62. The van der Waals surface area contributed by atoms with Gasteiger partial charge in [-0.25, -0.2) is 0 Å². The number of ether oxygens (including phenoxy) is 1. The number of nitrogens with zero attached hydrogens (tertiary/aromatic N) is 1. The molecule has 0 spiro atoms. The summed E-state index contributed by atoms with van der Waals surface area (Å²) in [6, 6.07) is 0. The van der Waals surface area contributed by atoms with Gasteiger partial charge in [0.2, 0.25) is 6.29 Å². The lowest BCUT2D eigenvalue weighted by Crippen LogP contribution is -2.40. The smallest absolute Gasteiger partial charge is 0.318 e. The lowest BCUT2D eigenvalue weighted by Gasteiger charge is -2.37. The van der Waals surface area contributed by atoms with Crippen molar-refractivity contribution < 1.29 is 24.5 Å². The van der Waals surface area contributed by atoms with Crippen LogP contribution >= 0.6 is 11.8 Å². The number of aliphatic carboxylic acids is 1. The number of aliphatic hydroxyl groups is 1. The molecule has 0 bridgehead atoms. The molecule has 1 heterocycles. The molecule has 2 N–H and O–H groups in total. The van der Waals surface area contributed by atoms with Gasteiger partial charge in [0, 0.05) is 23.3 Å². The molecule has 0 aromatic carbocycles. The largest absolute Gasteiger partial charge is 0.481 e. The maximum atomic E-state index is 12.0. The van der Waals surface area contributed by atoms with Crippen molar-refractivity contribution in [2.45, 2.75) is 72.1 Å². The molecule has 1 aliphatic heterocycles. The molecule has 27 heavy (non-hydrogen) atoms. The summed E-state index contributed by atoms with van der Waals surface area (Å²) in [6.07, 6.45) is 1.76. The first-order valence-corrected chi connectivity index (χ1v) is 10.8. The minimum atomic E-state index is -1.19. The number of carboxylic acids is 1. The Kier molecular flexibility index (Phi) is 4.95. The van der Waals surface area contributed by atoms with E-state index in [-0.39, 0.29) is 34.5 Å². The Hall–Kier alpha value is -1.08. The molecule has 5 unspecified atom stereocenters. The van der Waals surface area contributed by atoms with Crippen LogP contribution in [0.2, 0.25) is 0 Å². The summed E-state index contributed by atoms with van der Waals surface area (Å²) >= 11 is 1.26. The number of aliphatic imine (C=N–C) groups is 1. The Labute approximate surface area is 165 Å². The van der Waals surface area contributed by atoms with Crippen LogP contribution in [0.4, 0.5) is 0 Å². The topological polar surface area (TPSA) is 96.2 Å². The highest BCUT2D eigenvalue weighted by molar-refractivity contribution is 8.00. The second kappa shape index (κ2) is 6.48. The van der Waals surface area contributed by atoms with Crippen molar-refractivity contribution >= 4 is 29.4 Å². The van der Waals surface area contributed by atoms with Gasteiger partial charge in [-0.05, 0) is 37.5 Å². The van der Waals surface area contributed by atoms with Gasteiger partial charge in [-0.2, -0.15) is 0 Å². The van der Waals surface area contributed by atoms with E-state index >= 15 is 0 Å². The van der Waals surface area contributed by atoms with Crippen molar-refractivity contribution in [3.8, 4) is 0 Å². The summed E-state index contributed by atoms with van der Waals surface area (Å²) in [4.78, 5) is 27.9. The van der Waals surface area contributed by atoms with Gasteiger partial charge < -0.3 is 14.9 Å². The van der Waals surface area contributed by atoms with E-state index in [0.29, 0.717) is 12.2 Å². The third-order valence-corrected chi connectivity index (χ3v) is 7.57. The molecular weight excluding hydrogens is 366 g/mol.